The van der Waals surface area contributed by atoms with Gasteiger partial charge in [0.05, 0.1) is 18.2 Å². The normalized spacial score (nSPS) is 18.8. The molecule has 3 rings (SSSR count). The maximum Gasteiger partial charge on any atom is 0.0951 e. The molecular formula is C16H26N6. The van der Waals surface area contributed by atoms with Crippen molar-refractivity contribution in [2.24, 2.45) is 0 Å². The number of aromatic nitrogens is 4. The molecule has 0 bridgehead atoms. The number of fused-ring (bicyclic) bond motifs is 1. The molecule has 1 aliphatic rings. The molecule has 1 atom stereocenters. The second-order valence-electron chi connectivity index (χ2n) is 6.41. The van der Waals surface area contributed by atoms with Crippen molar-refractivity contribution in [3.63, 3.8) is 0 Å². The highest BCUT2D eigenvalue weighted by Crippen LogP contribution is 2.24. The minimum atomic E-state index is 0.509. The van der Waals surface area contributed by atoms with Gasteiger partial charge in [-0.2, -0.15) is 5.10 Å². The van der Waals surface area contributed by atoms with Gasteiger partial charge in [-0.25, -0.2) is 4.98 Å². The first-order chi connectivity index (χ1) is 10.7. The van der Waals surface area contributed by atoms with E-state index in [0.717, 1.165) is 39.1 Å². The van der Waals surface area contributed by atoms with Crippen LogP contribution in [-0.4, -0.2) is 56.3 Å². The molecule has 1 aliphatic heterocycles. The van der Waals surface area contributed by atoms with Crippen LogP contribution in [0.3, 0.4) is 0 Å². The van der Waals surface area contributed by atoms with Crippen molar-refractivity contribution in [2.45, 2.75) is 39.0 Å². The summed E-state index contributed by atoms with van der Waals surface area (Å²) >= 11 is 0. The van der Waals surface area contributed by atoms with Gasteiger partial charge < -0.3 is 9.47 Å². The Hall–Kier alpha value is -1.66. The molecule has 120 valence electrons. The van der Waals surface area contributed by atoms with Crippen molar-refractivity contribution in [2.75, 3.05) is 27.2 Å². The Morgan fingerprint density at radius 2 is 2.18 bits per heavy atom. The van der Waals surface area contributed by atoms with Crippen LogP contribution in [-0.2, 0) is 19.6 Å². The monoisotopic (exact) mass is 302 g/mol. The van der Waals surface area contributed by atoms with Gasteiger partial charge >= 0.3 is 0 Å². The van der Waals surface area contributed by atoms with Crippen LogP contribution in [0.25, 0.3) is 0 Å². The topological polar surface area (TPSA) is 42.1 Å². The van der Waals surface area contributed by atoms with Crippen LogP contribution in [0.5, 0.6) is 0 Å². The first-order valence-electron chi connectivity index (χ1n) is 8.05. The largest absolute Gasteiger partial charge is 0.329 e. The van der Waals surface area contributed by atoms with Gasteiger partial charge in [-0.3, -0.25) is 9.58 Å². The molecule has 22 heavy (non-hydrogen) atoms. The third kappa shape index (κ3) is 3.39. The lowest BCUT2D eigenvalue weighted by atomic mass is 10.1. The van der Waals surface area contributed by atoms with E-state index in [-0.39, 0.29) is 0 Å². The summed E-state index contributed by atoms with van der Waals surface area (Å²) in [6, 6.07) is 0.509. The standard InChI is InChI=1S/C16H26N6/c1-4-21-10-14(7-18-21)9-20-11-15(5-6-19(2)3)22-13-17-8-16(22)12-20/h7-8,10,13,15H,4-6,9,11-12H2,1-3H3/t15-/m0/s1. The number of imidazole rings is 1. The Balaban J connectivity index is 1.69. The van der Waals surface area contributed by atoms with E-state index in [1.165, 1.54) is 11.3 Å². The van der Waals surface area contributed by atoms with Gasteiger partial charge in [0.2, 0.25) is 0 Å². The number of hydrogen-bond acceptors (Lipinski definition) is 4. The van der Waals surface area contributed by atoms with E-state index < -0.39 is 0 Å². The van der Waals surface area contributed by atoms with Gasteiger partial charge in [-0.15, -0.1) is 0 Å². The van der Waals surface area contributed by atoms with E-state index in [2.05, 4.69) is 51.7 Å². The van der Waals surface area contributed by atoms with Crippen molar-refractivity contribution in [1.82, 2.24) is 29.1 Å². The lowest BCUT2D eigenvalue weighted by molar-refractivity contribution is 0.165. The first kappa shape index (κ1) is 15.2. The van der Waals surface area contributed by atoms with Crippen molar-refractivity contribution in [3.05, 3.63) is 36.2 Å². The maximum absolute atomic E-state index is 4.38. The molecule has 0 saturated carbocycles. The zero-order valence-corrected chi connectivity index (χ0v) is 13.8. The van der Waals surface area contributed by atoms with E-state index >= 15 is 0 Å². The summed E-state index contributed by atoms with van der Waals surface area (Å²) in [6.07, 6.45) is 9.29. The van der Waals surface area contributed by atoms with Crippen LogP contribution >= 0.6 is 0 Å². The van der Waals surface area contributed by atoms with Gasteiger partial charge in [0.1, 0.15) is 0 Å². The molecule has 6 heteroatoms. The predicted octanol–water partition coefficient (Wildman–Crippen LogP) is 1.61. The third-order valence-electron chi connectivity index (χ3n) is 4.32. The Labute approximate surface area is 132 Å². The van der Waals surface area contributed by atoms with Gasteiger partial charge in [-0.1, -0.05) is 0 Å². The fourth-order valence-corrected chi connectivity index (χ4v) is 3.14. The van der Waals surface area contributed by atoms with E-state index in [0.29, 0.717) is 6.04 Å². The molecular weight excluding hydrogens is 276 g/mol. The number of aryl methyl sites for hydroxylation is 1. The average Bonchev–Trinajstić information content (AvgIpc) is 3.13. The average molecular weight is 302 g/mol. The molecule has 0 unspecified atom stereocenters. The van der Waals surface area contributed by atoms with E-state index in [9.17, 15) is 0 Å². The summed E-state index contributed by atoms with van der Waals surface area (Å²) in [5.41, 5.74) is 2.61. The van der Waals surface area contributed by atoms with Gasteiger partial charge in [0.15, 0.2) is 0 Å². The molecule has 6 nitrogen and oxygen atoms in total. The van der Waals surface area contributed by atoms with Crippen molar-refractivity contribution < 1.29 is 0 Å². The van der Waals surface area contributed by atoms with Crippen LogP contribution in [0, 0.1) is 0 Å². The summed E-state index contributed by atoms with van der Waals surface area (Å²) in [5, 5.41) is 4.38. The molecule has 3 heterocycles. The minimum Gasteiger partial charge on any atom is -0.329 e. The number of hydrogen-bond donors (Lipinski definition) is 0. The quantitative estimate of drug-likeness (QED) is 0.813. The summed E-state index contributed by atoms with van der Waals surface area (Å²) in [6.45, 7) is 7.16. The molecule has 2 aromatic heterocycles. The van der Waals surface area contributed by atoms with Crippen LogP contribution in [0.1, 0.15) is 30.6 Å². The van der Waals surface area contributed by atoms with E-state index in [1.54, 1.807) is 0 Å². The number of nitrogens with zero attached hydrogens (tertiary/aromatic N) is 6. The lowest BCUT2D eigenvalue weighted by Gasteiger charge is -2.34. The molecule has 0 aromatic carbocycles. The molecule has 2 aromatic rings. The SMILES string of the molecule is CCn1cc(CN2Cc3cncn3[C@@H](CCN(C)C)C2)cn1. The molecule has 0 saturated heterocycles. The van der Waals surface area contributed by atoms with Crippen LogP contribution in [0.4, 0.5) is 0 Å². The highest BCUT2D eigenvalue weighted by atomic mass is 15.3. The Morgan fingerprint density at radius 1 is 1.32 bits per heavy atom. The van der Waals surface area contributed by atoms with Crippen LogP contribution in [0.2, 0.25) is 0 Å². The predicted molar refractivity (Wildman–Crippen MR) is 86.5 cm³/mol. The van der Waals surface area contributed by atoms with Crippen molar-refractivity contribution >= 4 is 0 Å². The summed E-state index contributed by atoms with van der Waals surface area (Å²) in [5.74, 6) is 0. The van der Waals surface area contributed by atoms with Crippen molar-refractivity contribution in [1.29, 1.82) is 0 Å². The second-order valence-corrected chi connectivity index (χ2v) is 6.41. The van der Waals surface area contributed by atoms with Crippen LogP contribution < -0.4 is 0 Å². The minimum absolute atomic E-state index is 0.509. The zero-order valence-electron chi connectivity index (χ0n) is 13.8. The molecule has 0 fully saturated rings. The van der Waals surface area contributed by atoms with E-state index in [1.807, 2.05) is 23.4 Å². The maximum atomic E-state index is 4.38. The van der Waals surface area contributed by atoms with Gasteiger partial charge in [0, 0.05) is 50.2 Å². The second kappa shape index (κ2) is 6.62. The third-order valence-corrected chi connectivity index (χ3v) is 4.32. The van der Waals surface area contributed by atoms with E-state index in [4.69, 9.17) is 0 Å². The lowest BCUT2D eigenvalue weighted by Crippen LogP contribution is -2.37. The summed E-state index contributed by atoms with van der Waals surface area (Å²) in [7, 11) is 4.27. The van der Waals surface area contributed by atoms with Gasteiger partial charge in [-0.05, 0) is 34.0 Å². The summed E-state index contributed by atoms with van der Waals surface area (Å²) < 4.78 is 4.35. The Morgan fingerprint density at radius 3 is 2.91 bits per heavy atom. The fraction of sp³-hybridized carbons (Fsp3) is 0.625. The smallest absolute Gasteiger partial charge is 0.0951 e. The van der Waals surface area contributed by atoms with Crippen molar-refractivity contribution in [3.8, 4) is 0 Å². The molecule has 0 amide bonds. The van der Waals surface area contributed by atoms with Gasteiger partial charge in [0.25, 0.3) is 0 Å². The molecule has 0 N–H and O–H groups in total. The number of rotatable bonds is 6. The zero-order chi connectivity index (χ0) is 15.5. The molecule has 0 spiro atoms. The Bertz CT molecular complexity index is 599. The molecule has 0 aliphatic carbocycles. The molecule has 0 radical (unpaired) electrons. The van der Waals surface area contributed by atoms with Crippen LogP contribution in [0.15, 0.2) is 24.9 Å². The Kier molecular flexibility index (Phi) is 4.59. The fourth-order valence-electron chi connectivity index (χ4n) is 3.14. The highest BCUT2D eigenvalue weighted by molar-refractivity contribution is 5.08. The summed E-state index contributed by atoms with van der Waals surface area (Å²) in [4.78, 5) is 9.11. The first-order valence-corrected chi connectivity index (χ1v) is 8.05. The highest BCUT2D eigenvalue weighted by Gasteiger charge is 2.25.